The van der Waals surface area contributed by atoms with Gasteiger partial charge in [-0.2, -0.15) is 0 Å². The first-order valence-corrected chi connectivity index (χ1v) is 8.08. The molecule has 3 atom stereocenters. The Morgan fingerprint density at radius 3 is 2.00 bits per heavy atom. The average molecular weight is 347 g/mol. The molecule has 0 aromatic heterocycles. The average Bonchev–Trinajstić information content (AvgIpc) is 2.64. The summed E-state index contributed by atoms with van der Waals surface area (Å²) in [6.07, 6.45) is 0. The van der Waals surface area contributed by atoms with E-state index in [1.807, 2.05) is 30.3 Å². The lowest BCUT2D eigenvalue weighted by atomic mass is 9.65. The minimum atomic E-state index is -0.547. The van der Waals surface area contributed by atoms with Crippen LogP contribution in [0.15, 0.2) is 42.5 Å². The first-order valence-electron chi connectivity index (χ1n) is 7.65. The molecule has 0 N–H and O–H groups in total. The highest BCUT2D eigenvalue weighted by atomic mass is 35.5. The fourth-order valence-corrected chi connectivity index (χ4v) is 3.70. The highest BCUT2D eigenvalue weighted by molar-refractivity contribution is 6.36. The molecular weight excluding hydrogens is 328 g/mol. The summed E-state index contributed by atoms with van der Waals surface area (Å²) >= 11 is 6.34. The number of carbonyl (C=O) groups excluding carboxylic acids is 1. The Balaban J connectivity index is 2.11. The van der Waals surface area contributed by atoms with Gasteiger partial charge in [-0.25, -0.2) is 0 Å². The number of hydrogen-bond acceptors (Lipinski definition) is 4. The van der Waals surface area contributed by atoms with Crippen molar-refractivity contribution in [3.05, 3.63) is 53.6 Å². The van der Waals surface area contributed by atoms with E-state index in [0.717, 1.165) is 11.1 Å². The summed E-state index contributed by atoms with van der Waals surface area (Å²) in [6, 6.07) is 13.3. The summed E-state index contributed by atoms with van der Waals surface area (Å²) < 4.78 is 16.3. The van der Waals surface area contributed by atoms with Crippen molar-refractivity contribution in [3.8, 4) is 17.2 Å². The van der Waals surface area contributed by atoms with E-state index in [1.54, 1.807) is 33.5 Å². The second-order valence-corrected chi connectivity index (χ2v) is 6.13. The predicted molar refractivity (Wildman–Crippen MR) is 92.7 cm³/mol. The van der Waals surface area contributed by atoms with Crippen LogP contribution in [0.5, 0.6) is 17.2 Å². The van der Waals surface area contributed by atoms with Gasteiger partial charge in [0.1, 0.15) is 22.6 Å². The zero-order valence-electron chi connectivity index (χ0n) is 13.8. The molecule has 1 fully saturated rings. The molecule has 0 bridgehead atoms. The molecule has 3 unspecified atom stereocenters. The Labute approximate surface area is 146 Å². The SMILES string of the molecule is COc1cc(OC)c(C2C(=O)C(Cl)C2c2ccccc2)c(OC)c1. The number of ether oxygens (including phenoxy) is 3. The zero-order chi connectivity index (χ0) is 17.3. The molecule has 24 heavy (non-hydrogen) atoms. The second kappa shape index (κ2) is 6.73. The summed E-state index contributed by atoms with van der Waals surface area (Å²) in [7, 11) is 4.71. The molecule has 0 saturated heterocycles. The van der Waals surface area contributed by atoms with Crippen LogP contribution in [-0.4, -0.2) is 32.5 Å². The van der Waals surface area contributed by atoms with Crippen molar-refractivity contribution in [1.82, 2.24) is 0 Å². The summed E-state index contributed by atoms with van der Waals surface area (Å²) in [6.45, 7) is 0. The number of ketones is 1. The van der Waals surface area contributed by atoms with Crippen molar-refractivity contribution in [2.24, 2.45) is 0 Å². The van der Waals surface area contributed by atoms with Crippen molar-refractivity contribution < 1.29 is 19.0 Å². The molecule has 1 aliphatic carbocycles. The van der Waals surface area contributed by atoms with E-state index >= 15 is 0 Å². The van der Waals surface area contributed by atoms with Gasteiger partial charge in [0.2, 0.25) is 0 Å². The monoisotopic (exact) mass is 346 g/mol. The molecular formula is C19H19ClO4. The number of alkyl halides is 1. The molecule has 4 nitrogen and oxygen atoms in total. The van der Waals surface area contributed by atoms with Crippen molar-refractivity contribution in [1.29, 1.82) is 0 Å². The number of benzene rings is 2. The van der Waals surface area contributed by atoms with Crippen LogP contribution in [0.4, 0.5) is 0 Å². The van der Waals surface area contributed by atoms with Gasteiger partial charge in [-0.15, -0.1) is 11.6 Å². The van der Waals surface area contributed by atoms with E-state index in [-0.39, 0.29) is 11.7 Å². The molecule has 126 valence electrons. The number of methoxy groups -OCH3 is 3. The van der Waals surface area contributed by atoms with Crippen LogP contribution >= 0.6 is 11.6 Å². The Morgan fingerprint density at radius 1 is 0.917 bits per heavy atom. The van der Waals surface area contributed by atoms with Gasteiger partial charge >= 0.3 is 0 Å². The molecule has 5 heteroatoms. The van der Waals surface area contributed by atoms with Gasteiger partial charge < -0.3 is 14.2 Å². The first-order chi connectivity index (χ1) is 11.6. The van der Waals surface area contributed by atoms with Crippen LogP contribution < -0.4 is 14.2 Å². The van der Waals surface area contributed by atoms with Crippen molar-refractivity contribution in [3.63, 3.8) is 0 Å². The van der Waals surface area contributed by atoms with Crippen LogP contribution in [0, 0.1) is 0 Å². The van der Waals surface area contributed by atoms with Crippen LogP contribution in [0.1, 0.15) is 23.0 Å². The van der Waals surface area contributed by atoms with Crippen LogP contribution in [0.3, 0.4) is 0 Å². The Hall–Kier alpha value is -2.20. The number of rotatable bonds is 5. The molecule has 0 amide bonds. The lowest BCUT2D eigenvalue weighted by molar-refractivity contribution is -0.126. The lowest BCUT2D eigenvalue weighted by Gasteiger charge is -2.41. The molecule has 1 aliphatic rings. The summed E-state index contributed by atoms with van der Waals surface area (Å²) in [5.41, 5.74) is 1.75. The normalized spacial score (nSPS) is 22.7. The fourth-order valence-electron chi connectivity index (χ4n) is 3.27. The third-order valence-electron chi connectivity index (χ3n) is 4.50. The minimum absolute atomic E-state index is 0.0210. The van der Waals surface area contributed by atoms with Crippen molar-refractivity contribution in [2.45, 2.75) is 17.2 Å². The molecule has 0 aliphatic heterocycles. The smallest absolute Gasteiger partial charge is 0.159 e. The molecule has 2 aromatic rings. The van der Waals surface area contributed by atoms with Gasteiger partial charge in [0.05, 0.1) is 27.2 Å². The first kappa shape index (κ1) is 16.7. The Kier molecular flexibility index (Phi) is 4.67. The maximum atomic E-state index is 12.6. The predicted octanol–water partition coefficient (Wildman–Crippen LogP) is 3.77. The Morgan fingerprint density at radius 2 is 1.50 bits per heavy atom. The maximum Gasteiger partial charge on any atom is 0.159 e. The molecule has 2 aromatic carbocycles. The minimum Gasteiger partial charge on any atom is -0.496 e. The van der Waals surface area contributed by atoms with E-state index in [4.69, 9.17) is 25.8 Å². The molecule has 0 heterocycles. The Bertz CT molecular complexity index is 719. The fraction of sp³-hybridized carbons (Fsp3) is 0.316. The third-order valence-corrected chi connectivity index (χ3v) is 4.99. The van der Waals surface area contributed by atoms with E-state index in [0.29, 0.717) is 17.2 Å². The van der Waals surface area contributed by atoms with Gasteiger partial charge in [0.15, 0.2) is 5.78 Å². The van der Waals surface area contributed by atoms with E-state index in [2.05, 4.69) is 0 Å². The largest absolute Gasteiger partial charge is 0.496 e. The van der Waals surface area contributed by atoms with Gasteiger partial charge in [0, 0.05) is 23.6 Å². The van der Waals surface area contributed by atoms with Gasteiger partial charge in [-0.3, -0.25) is 4.79 Å². The highest BCUT2D eigenvalue weighted by Crippen LogP contribution is 2.54. The number of hydrogen-bond donors (Lipinski definition) is 0. The lowest BCUT2D eigenvalue weighted by Crippen LogP contribution is -2.45. The highest BCUT2D eigenvalue weighted by Gasteiger charge is 2.52. The number of Topliss-reactive ketones (excluding diaryl/α,β-unsaturated/α-hetero) is 1. The van der Waals surface area contributed by atoms with E-state index in [1.165, 1.54) is 0 Å². The third kappa shape index (κ3) is 2.61. The van der Waals surface area contributed by atoms with E-state index in [9.17, 15) is 4.79 Å². The standard InChI is InChI=1S/C19H19ClO4/c1-22-12-9-13(23-2)16(14(10-12)24-3)17-15(18(20)19(17)21)11-7-5-4-6-8-11/h4-10,15,17-18H,1-3H3. The van der Waals surface area contributed by atoms with Gasteiger partial charge in [-0.05, 0) is 5.56 Å². The summed E-state index contributed by atoms with van der Waals surface area (Å²) in [5, 5.41) is -0.547. The molecule has 0 radical (unpaired) electrons. The quantitative estimate of drug-likeness (QED) is 0.773. The number of halogens is 1. The summed E-state index contributed by atoms with van der Waals surface area (Å²) in [4.78, 5) is 12.6. The van der Waals surface area contributed by atoms with E-state index < -0.39 is 11.3 Å². The van der Waals surface area contributed by atoms with Crippen LogP contribution in [0.2, 0.25) is 0 Å². The van der Waals surface area contributed by atoms with Gasteiger partial charge in [0.25, 0.3) is 0 Å². The second-order valence-electron chi connectivity index (χ2n) is 5.66. The summed E-state index contributed by atoms with van der Waals surface area (Å²) in [5.74, 6) is 1.20. The van der Waals surface area contributed by atoms with Crippen molar-refractivity contribution in [2.75, 3.05) is 21.3 Å². The molecule has 0 spiro atoms. The van der Waals surface area contributed by atoms with Gasteiger partial charge in [-0.1, -0.05) is 30.3 Å². The molecule has 3 rings (SSSR count). The van der Waals surface area contributed by atoms with Crippen LogP contribution in [-0.2, 0) is 4.79 Å². The van der Waals surface area contributed by atoms with Crippen LogP contribution in [0.25, 0.3) is 0 Å². The maximum absolute atomic E-state index is 12.6. The van der Waals surface area contributed by atoms with Crippen molar-refractivity contribution >= 4 is 17.4 Å². The molecule has 1 saturated carbocycles. The zero-order valence-corrected chi connectivity index (χ0v) is 14.5. The number of carbonyl (C=O) groups is 1. The topological polar surface area (TPSA) is 44.8 Å².